The molecule has 0 aromatic heterocycles. The van der Waals surface area contributed by atoms with Crippen molar-refractivity contribution < 1.29 is 34.0 Å². The molecule has 1 saturated heterocycles. The molecule has 188 valence electrons. The lowest BCUT2D eigenvalue weighted by Gasteiger charge is -2.33. The third kappa shape index (κ3) is 6.24. The van der Waals surface area contributed by atoms with E-state index in [1.807, 2.05) is 55.5 Å². The molecule has 2 N–H and O–H groups in total. The fourth-order valence-corrected chi connectivity index (χ4v) is 4.22. The first kappa shape index (κ1) is 25.3. The van der Waals surface area contributed by atoms with Crippen molar-refractivity contribution >= 4 is 11.5 Å². The monoisotopic (exact) mass is 490 g/mol. The maximum absolute atomic E-state index is 11.4. The van der Waals surface area contributed by atoms with Gasteiger partial charge in [0.2, 0.25) is 0 Å². The van der Waals surface area contributed by atoms with Gasteiger partial charge in [-0.25, -0.2) is 4.79 Å². The summed E-state index contributed by atoms with van der Waals surface area (Å²) in [6, 6.07) is 21.7. The standard InChI is InChI=1S/C29H30O7/c1-19(15-20(16-28(31)32)24-7-3-5-9-26(24)30)21-17-34-29(35-18-21)25-8-4-6-10-27(25)36-23-13-11-22(33-2)12-14-23/h3-14,16,19,21,29-30H,15,17-18H2,1-2H3,(H,31,32)/b20-16+. The minimum atomic E-state index is -1.05. The summed E-state index contributed by atoms with van der Waals surface area (Å²) < 4.78 is 23.5. The van der Waals surface area contributed by atoms with Crippen LogP contribution in [0.3, 0.4) is 0 Å². The number of aliphatic carboxylic acids is 1. The SMILES string of the molecule is COc1ccc(Oc2ccccc2C2OCC(C(C)C/C(=C\C(=O)O)c3ccccc3O)CO2)cc1. The minimum Gasteiger partial charge on any atom is -0.507 e. The van der Waals surface area contributed by atoms with Gasteiger partial charge in [-0.1, -0.05) is 43.3 Å². The maximum Gasteiger partial charge on any atom is 0.328 e. The molecule has 0 radical (unpaired) electrons. The van der Waals surface area contributed by atoms with E-state index in [-0.39, 0.29) is 17.6 Å². The average molecular weight is 491 g/mol. The maximum atomic E-state index is 11.4. The van der Waals surface area contributed by atoms with Gasteiger partial charge in [0.05, 0.1) is 25.9 Å². The van der Waals surface area contributed by atoms with Crippen molar-refractivity contribution in [1.82, 2.24) is 0 Å². The number of benzene rings is 3. The van der Waals surface area contributed by atoms with Crippen molar-refractivity contribution in [2.24, 2.45) is 11.8 Å². The highest BCUT2D eigenvalue weighted by molar-refractivity contribution is 5.91. The summed E-state index contributed by atoms with van der Waals surface area (Å²) >= 11 is 0. The Hall–Kier alpha value is -3.81. The Morgan fingerprint density at radius 1 is 1.00 bits per heavy atom. The van der Waals surface area contributed by atoms with Gasteiger partial charge in [-0.3, -0.25) is 0 Å². The predicted octanol–water partition coefficient (Wildman–Crippen LogP) is 6.05. The number of phenolic OH excluding ortho intramolecular Hbond substituents is 1. The van der Waals surface area contributed by atoms with Gasteiger partial charge in [-0.15, -0.1) is 0 Å². The predicted molar refractivity (Wildman–Crippen MR) is 135 cm³/mol. The van der Waals surface area contributed by atoms with Crippen LogP contribution in [0.4, 0.5) is 0 Å². The van der Waals surface area contributed by atoms with Crippen LogP contribution in [0, 0.1) is 11.8 Å². The molecule has 0 aliphatic carbocycles. The summed E-state index contributed by atoms with van der Waals surface area (Å²) in [6.07, 6.45) is 1.05. The Bertz CT molecular complexity index is 1190. The highest BCUT2D eigenvalue weighted by atomic mass is 16.7. The Morgan fingerprint density at radius 2 is 1.64 bits per heavy atom. The molecule has 1 aliphatic rings. The number of ether oxygens (including phenoxy) is 4. The number of aromatic hydroxyl groups is 1. The summed E-state index contributed by atoms with van der Waals surface area (Å²) in [5, 5.41) is 19.6. The normalized spacial score (nSPS) is 18.9. The average Bonchev–Trinajstić information content (AvgIpc) is 2.89. The number of para-hydroxylation sites is 2. The van der Waals surface area contributed by atoms with E-state index in [2.05, 4.69) is 0 Å². The van der Waals surface area contributed by atoms with Gasteiger partial charge in [-0.2, -0.15) is 0 Å². The molecule has 0 bridgehead atoms. The van der Waals surface area contributed by atoms with Crippen LogP contribution in [0.15, 0.2) is 78.9 Å². The zero-order chi connectivity index (χ0) is 25.5. The smallest absolute Gasteiger partial charge is 0.328 e. The Kier molecular flexibility index (Phi) is 8.25. The molecular weight excluding hydrogens is 460 g/mol. The van der Waals surface area contributed by atoms with Crippen molar-refractivity contribution in [3.63, 3.8) is 0 Å². The van der Waals surface area contributed by atoms with Crippen molar-refractivity contribution in [1.29, 1.82) is 0 Å². The van der Waals surface area contributed by atoms with Crippen LogP contribution in [0.25, 0.3) is 5.57 Å². The lowest BCUT2D eigenvalue weighted by atomic mass is 9.86. The number of carboxylic acid groups (broad SMARTS) is 1. The number of hydrogen-bond donors (Lipinski definition) is 2. The van der Waals surface area contributed by atoms with Gasteiger partial charge < -0.3 is 29.2 Å². The van der Waals surface area contributed by atoms with Gasteiger partial charge in [-0.05, 0) is 54.3 Å². The number of carboxylic acids is 1. The second-order valence-electron chi connectivity index (χ2n) is 8.78. The summed E-state index contributed by atoms with van der Waals surface area (Å²) in [5.74, 6) is 1.18. The third-order valence-electron chi connectivity index (χ3n) is 6.28. The highest BCUT2D eigenvalue weighted by Crippen LogP contribution is 2.38. The van der Waals surface area contributed by atoms with Gasteiger partial charge in [0.25, 0.3) is 0 Å². The number of phenols is 1. The van der Waals surface area contributed by atoms with Crippen LogP contribution in [-0.2, 0) is 14.3 Å². The van der Waals surface area contributed by atoms with Crippen molar-refractivity contribution in [2.75, 3.05) is 20.3 Å². The van der Waals surface area contributed by atoms with E-state index >= 15 is 0 Å². The molecule has 7 heteroatoms. The second-order valence-corrected chi connectivity index (χ2v) is 8.78. The van der Waals surface area contributed by atoms with Gasteiger partial charge in [0.1, 0.15) is 23.0 Å². The van der Waals surface area contributed by atoms with Crippen LogP contribution in [-0.4, -0.2) is 36.5 Å². The largest absolute Gasteiger partial charge is 0.507 e. The number of allylic oxidation sites excluding steroid dienone is 1. The molecule has 4 rings (SSSR count). The van der Waals surface area contributed by atoms with E-state index in [0.717, 1.165) is 17.4 Å². The lowest BCUT2D eigenvalue weighted by molar-refractivity contribution is -0.212. The quantitative estimate of drug-likeness (QED) is 0.353. The minimum absolute atomic E-state index is 0.0546. The van der Waals surface area contributed by atoms with Gasteiger partial charge >= 0.3 is 5.97 Å². The van der Waals surface area contributed by atoms with E-state index in [9.17, 15) is 15.0 Å². The van der Waals surface area contributed by atoms with E-state index < -0.39 is 12.3 Å². The third-order valence-corrected chi connectivity index (χ3v) is 6.28. The number of rotatable bonds is 9. The van der Waals surface area contributed by atoms with Gasteiger partial charge in [0.15, 0.2) is 6.29 Å². The van der Waals surface area contributed by atoms with Crippen LogP contribution in [0.2, 0.25) is 0 Å². The molecule has 36 heavy (non-hydrogen) atoms. The summed E-state index contributed by atoms with van der Waals surface area (Å²) in [7, 11) is 1.62. The number of hydrogen-bond acceptors (Lipinski definition) is 6. The van der Waals surface area contributed by atoms with E-state index in [1.165, 1.54) is 0 Å². The number of methoxy groups -OCH3 is 1. The zero-order valence-electron chi connectivity index (χ0n) is 20.3. The topological polar surface area (TPSA) is 94.5 Å². The molecule has 0 amide bonds. The molecule has 1 heterocycles. The first-order valence-corrected chi connectivity index (χ1v) is 11.8. The fourth-order valence-electron chi connectivity index (χ4n) is 4.22. The molecule has 3 aromatic rings. The summed E-state index contributed by atoms with van der Waals surface area (Å²) in [5.41, 5.74) is 1.88. The fraction of sp³-hybridized carbons (Fsp3) is 0.276. The van der Waals surface area contributed by atoms with Crippen molar-refractivity contribution in [2.45, 2.75) is 19.6 Å². The van der Waals surface area contributed by atoms with E-state index in [4.69, 9.17) is 18.9 Å². The van der Waals surface area contributed by atoms with E-state index in [1.54, 1.807) is 31.4 Å². The Labute approximate surface area is 210 Å². The molecule has 0 spiro atoms. The molecule has 3 aromatic carbocycles. The molecule has 7 nitrogen and oxygen atoms in total. The first-order chi connectivity index (χ1) is 17.4. The molecular formula is C29H30O7. The lowest BCUT2D eigenvalue weighted by Crippen LogP contribution is -2.31. The van der Waals surface area contributed by atoms with Crippen LogP contribution in [0.5, 0.6) is 23.0 Å². The van der Waals surface area contributed by atoms with Crippen molar-refractivity contribution in [3.8, 4) is 23.0 Å². The first-order valence-electron chi connectivity index (χ1n) is 11.8. The molecule has 1 atom stereocenters. The molecule has 1 unspecified atom stereocenters. The highest BCUT2D eigenvalue weighted by Gasteiger charge is 2.30. The molecule has 0 saturated carbocycles. The van der Waals surface area contributed by atoms with Gasteiger partial charge in [0, 0.05) is 17.6 Å². The van der Waals surface area contributed by atoms with Crippen LogP contribution < -0.4 is 9.47 Å². The Morgan fingerprint density at radius 3 is 2.31 bits per heavy atom. The summed E-state index contributed by atoms with van der Waals surface area (Å²) in [6.45, 7) is 2.93. The second kappa shape index (κ2) is 11.7. The molecule has 1 fully saturated rings. The van der Waals surface area contributed by atoms with Crippen LogP contribution >= 0.6 is 0 Å². The summed E-state index contributed by atoms with van der Waals surface area (Å²) in [4.78, 5) is 11.4. The zero-order valence-corrected chi connectivity index (χ0v) is 20.3. The number of carbonyl (C=O) groups is 1. The Balaban J connectivity index is 1.41. The van der Waals surface area contributed by atoms with Crippen molar-refractivity contribution in [3.05, 3.63) is 90.0 Å². The molecule has 1 aliphatic heterocycles. The van der Waals surface area contributed by atoms with Crippen LogP contribution in [0.1, 0.15) is 30.8 Å². The van der Waals surface area contributed by atoms with E-state index in [0.29, 0.717) is 42.3 Å².